The molecule has 1 nitrogen and oxygen atoms in total. The van der Waals surface area contributed by atoms with Crippen LogP contribution in [0.2, 0.25) is 0 Å². The minimum absolute atomic E-state index is 1.03. The lowest BCUT2D eigenvalue weighted by atomic mass is 9.97. The number of benzene rings is 4. The molecule has 0 saturated heterocycles. The molecule has 120 valence electrons. The Morgan fingerprint density at radius 1 is 0.640 bits per heavy atom. The summed E-state index contributed by atoms with van der Waals surface area (Å²) in [7, 11) is 4.09. The van der Waals surface area contributed by atoms with E-state index in [0.29, 0.717) is 0 Å². The summed E-state index contributed by atoms with van der Waals surface area (Å²) in [5.41, 5.74) is 3.29. The zero-order valence-electron chi connectivity index (χ0n) is 14.5. The number of hydrogen-bond donors (Lipinski definition) is 0. The first kappa shape index (κ1) is 15.3. The van der Waals surface area contributed by atoms with Crippen molar-refractivity contribution in [3.05, 3.63) is 90.0 Å². The topological polar surface area (TPSA) is 3.24 Å². The van der Waals surface area contributed by atoms with Crippen LogP contribution >= 0.6 is 0 Å². The molecular weight excluding hydrogens is 302 g/mol. The average molecular weight is 321 g/mol. The van der Waals surface area contributed by atoms with E-state index in [4.69, 9.17) is 0 Å². The van der Waals surface area contributed by atoms with Gasteiger partial charge in [-0.25, -0.2) is 0 Å². The van der Waals surface area contributed by atoms with Gasteiger partial charge in [-0.05, 0) is 51.9 Å². The fraction of sp³-hybridized carbons (Fsp3) is 0.0833. The number of hydrogen-bond acceptors (Lipinski definition) is 1. The first-order chi connectivity index (χ1) is 12.2. The van der Waals surface area contributed by atoms with Crippen molar-refractivity contribution < 1.29 is 0 Å². The lowest BCUT2D eigenvalue weighted by Crippen LogP contribution is -2.07. The molecule has 0 N–H and O–H groups in total. The molecule has 0 radical (unpaired) electrons. The van der Waals surface area contributed by atoms with Crippen molar-refractivity contribution in [2.75, 3.05) is 19.0 Å². The van der Waals surface area contributed by atoms with Crippen molar-refractivity contribution in [1.29, 1.82) is 0 Å². The van der Waals surface area contributed by atoms with E-state index < -0.39 is 0 Å². The van der Waals surface area contributed by atoms with Gasteiger partial charge in [0.25, 0.3) is 0 Å². The van der Waals surface area contributed by atoms with E-state index in [2.05, 4.69) is 95.6 Å². The lowest BCUT2D eigenvalue weighted by Gasteiger charge is -2.11. The van der Waals surface area contributed by atoms with Crippen LogP contribution in [0.1, 0.15) is 11.1 Å². The van der Waals surface area contributed by atoms with Gasteiger partial charge >= 0.3 is 0 Å². The molecule has 1 heteroatoms. The molecule has 4 aromatic carbocycles. The third kappa shape index (κ3) is 2.95. The zero-order chi connectivity index (χ0) is 17.2. The molecule has 0 atom stereocenters. The van der Waals surface area contributed by atoms with Gasteiger partial charge in [0.1, 0.15) is 0 Å². The van der Waals surface area contributed by atoms with Gasteiger partial charge in [0.15, 0.2) is 0 Å². The summed E-state index contributed by atoms with van der Waals surface area (Å²) in [5, 5.41) is 4.97. The monoisotopic (exact) mass is 321 g/mol. The molecule has 0 fully saturated rings. The molecule has 0 aliphatic rings. The molecule has 0 unspecified atom stereocenters. The predicted molar refractivity (Wildman–Crippen MR) is 108 cm³/mol. The average Bonchev–Trinajstić information content (AvgIpc) is 2.66. The maximum absolute atomic E-state index is 3.38. The Kier molecular flexibility index (Phi) is 3.88. The van der Waals surface area contributed by atoms with E-state index in [1.54, 1.807) is 0 Å². The second kappa shape index (κ2) is 6.34. The molecule has 4 aromatic rings. The maximum atomic E-state index is 3.38. The normalized spacial score (nSPS) is 10.5. The molecule has 4 rings (SSSR count). The van der Waals surface area contributed by atoms with Crippen molar-refractivity contribution in [1.82, 2.24) is 0 Å². The zero-order valence-corrected chi connectivity index (χ0v) is 14.5. The molecule has 25 heavy (non-hydrogen) atoms. The predicted octanol–water partition coefficient (Wildman–Crippen LogP) is 5.46. The Morgan fingerprint density at radius 3 is 2.00 bits per heavy atom. The Morgan fingerprint density at radius 2 is 1.28 bits per heavy atom. The van der Waals surface area contributed by atoms with E-state index in [1.807, 2.05) is 14.1 Å². The number of anilines is 1. The molecule has 0 bridgehead atoms. The summed E-state index contributed by atoms with van der Waals surface area (Å²) in [6.07, 6.45) is 0. The van der Waals surface area contributed by atoms with Crippen molar-refractivity contribution >= 4 is 27.2 Å². The minimum Gasteiger partial charge on any atom is -0.378 e. The highest BCUT2D eigenvalue weighted by Gasteiger charge is 2.04. The summed E-state index contributed by atoms with van der Waals surface area (Å²) in [5.74, 6) is 6.70. The summed E-state index contributed by atoms with van der Waals surface area (Å²) in [4.78, 5) is 2.09. The first-order valence-corrected chi connectivity index (χ1v) is 8.42. The molecule has 0 amide bonds. The Hall–Kier alpha value is -3.24. The van der Waals surface area contributed by atoms with Crippen LogP contribution in [-0.2, 0) is 0 Å². The molecule has 0 heterocycles. The second-order valence-corrected chi connectivity index (χ2v) is 6.38. The highest BCUT2D eigenvalue weighted by atomic mass is 15.1. The Balaban J connectivity index is 1.84. The van der Waals surface area contributed by atoms with E-state index >= 15 is 0 Å². The van der Waals surface area contributed by atoms with Crippen molar-refractivity contribution in [2.24, 2.45) is 0 Å². The van der Waals surface area contributed by atoms with Crippen LogP contribution in [0.15, 0.2) is 78.9 Å². The van der Waals surface area contributed by atoms with E-state index in [9.17, 15) is 0 Å². The number of fused-ring (bicyclic) bond motifs is 3. The fourth-order valence-electron chi connectivity index (χ4n) is 3.14. The summed E-state index contributed by atoms with van der Waals surface area (Å²) >= 11 is 0. The van der Waals surface area contributed by atoms with Gasteiger partial charge in [-0.15, -0.1) is 0 Å². The smallest absolute Gasteiger partial charge is 0.0361 e. The summed E-state index contributed by atoms with van der Waals surface area (Å²) in [6, 6.07) is 27.5. The van der Waals surface area contributed by atoms with Crippen molar-refractivity contribution in [3.63, 3.8) is 0 Å². The van der Waals surface area contributed by atoms with Gasteiger partial charge in [-0.1, -0.05) is 60.4 Å². The van der Waals surface area contributed by atoms with E-state index in [-0.39, 0.29) is 0 Å². The third-order valence-electron chi connectivity index (χ3n) is 4.49. The van der Waals surface area contributed by atoms with Crippen LogP contribution in [0.25, 0.3) is 21.5 Å². The molecule has 0 aliphatic carbocycles. The van der Waals surface area contributed by atoms with Crippen LogP contribution < -0.4 is 4.90 Å². The van der Waals surface area contributed by atoms with Gasteiger partial charge in [0.2, 0.25) is 0 Å². The van der Waals surface area contributed by atoms with Gasteiger partial charge in [0.05, 0.1) is 0 Å². The number of nitrogens with zero attached hydrogens (tertiary/aromatic N) is 1. The van der Waals surface area contributed by atoms with Crippen molar-refractivity contribution in [2.45, 2.75) is 0 Å². The summed E-state index contributed by atoms with van der Waals surface area (Å²) < 4.78 is 0. The number of rotatable bonds is 1. The van der Waals surface area contributed by atoms with E-state index in [0.717, 1.165) is 11.1 Å². The van der Waals surface area contributed by atoms with Crippen LogP contribution in [0, 0.1) is 11.8 Å². The standard InChI is InChI=1S/C24H19N/c1-25(2)21-15-12-18(13-16-21)11-14-20-17-19-7-3-4-8-22(19)24-10-6-5-9-23(20)24/h3-10,12-13,15-17H,1-2H3. The molecule has 0 aliphatic heterocycles. The van der Waals surface area contributed by atoms with Gasteiger partial charge < -0.3 is 4.90 Å². The SMILES string of the molecule is CN(C)c1ccc(C#Cc2cc3ccccc3c3ccccc23)cc1. The molecule has 0 aromatic heterocycles. The van der Waals surface area contributed by atoms with Crippen LogP contribution in [0.3, 0.4) is 0 Å². The molecule has 0 spiro atoms. The Labute approximate surface area is 148 Å². The first-order valence-electron chi connectivity index (χ1n) is 8.42. The summed E-state index contributed by atoms with van der Waals surface area (Å²) in [6.45, 7) is 0. The van der Waals surface area contributed by atoms with Crippen molar-refractivity contribution in [3.8, 4) is 11.8 Å². The highest BCUT2D eigenvalue weighted by Crippen LogP contribution is 2.28. The lowest BCUT2D eigenvalue weighted by molar-refractivity contribution is 1.13. The van der Waals surface area contributed by atoms with Crippen LogP contribution in [0.4, 0.5) is 5.69 Å². The molecular formula is C24H19N. The Bertz CT molecular complexity index is 1110. The van der Waals surface area contributed by atoms with Gasteiger partial charge in [-0.3, -0.25) is 0 Å². The fourth-order valence-corrected chi connectivity index (χ4v) is 3.14. The van der Waals surface area contributed by atoms with Crippen LogP contribution in [-0.4, -0.2) is 14.1 Å². The van der Waals surface area contributed by atoms with Gasteiger partial charge in [0, 0.05) is 30.9 Å². The van der Waals surface area contributed by atoms with Crippen LogP contribution in [0.5, 0.6) is 0 Å². The quantitative estimate of drug-likeness (QED) is 0.332. The van der Waals surface area contributed by atoms with Gasteiger partial charge in [-0.2, -0.15) is 0 Å². The maximum Gasteiger partial charge on any atom is 0.0361 e. The molecule has 0 saturated carbocycles. The second-order valence-electron chi connectivity index (χ2n) is 6.38. The largest absolute Gasteiger partial charge is 0.378 e. The van der Waals surface area contributed by atoms with E-state index in [1.165, 1.54) is 27.2 Å². The third-order valence-corrected chi connectivity index (χ3v) is 4.49. The highest BCUT2D eigenvalue weighted by molar-refractivity contribution is 6.09. The minimum atomic E-state index is 1.03.